The molecule has 1 heteroatoms. The molecule has 0 bridgehead atoms. The fourth-order valence-corrected chi connectivity index (χ4v) is 8.08. The van der Waals surface area contributed by atoms with Gasteiger partial charge in [-0.25, -0.2) is 0 Å². The molecule has 0 amide bonds. The average Bonchev–Trinajstić information content (AvgIpc) is 3.27. The minimum atomic E-state index is 1.10. The number of nitrogens with zero attached hydrogens (tertiary/aromatic N) is 1. The van der Waals surface area contributed by atoms with Crippen molar-refractivity contribution in [2.75, 3.05) is 4.90 Å². The Labute approximate surface area is 322 Å². The zero-order valence-electron chi connectivity index (χ0n) is 30.3. The van der Waals surface area contributed by atoms with Gasteiger partial charge < -0.3 is 4.90 Å². The van der Waals surface area contributed by atoms with Crippen molar-refractivity contribution in [1.29, 1.82) is 0 Å². The third-order valence-electron chi connectivity index (χ3n) is 10.8. The Kier molecular flexibility index (Phi) is 8.24. The summed E-state index contributed by atoms with van der Waals surface area (Å²) < 4.78 is 0. The van der Waals surface area contributed by atoms with E-state index in [1.165, 1.54) is 76.8 Å². The predicted molar refractivity (Wildman–Crippen MR) is 235 cm³/mol. The topological polar surface area (TPSA) is 3.24 Å². The molecule has 10 rings (SSSR count). The molecule has 0 aliphatic heterocycles. The van der Waals surface area contributed by atoms with E-state index in [0.717, 1.165) is 17.1 Å². The van der Waals surface area contributed by atoms with E-state index in [4.69, 9.17) is 0 Å². The zero-order valence-corrected chi connectivity index (χ0v) is 30.3. The summed E-state index contributed by atoms with van der Waals surface area (Å²) in [6.45, 7) is 0. The first kappa shape index (κ1) is 32.4. The number of fused-ring (bicyclic) bond motifs is 4. The molecule has 0 aromatic heterocycles. The highest BCUT2D eigenvalue weighted by Crippen LogP contribution is 2.45. The van der Waals surface area contributed by atoms with Gasteiger partial charge in [0.25, 0.3) is 0 Å². The number of para-hydroxylation sites is 1. The lowest BCUT2D eigenvalue weighted by molar-refractivity contribution is 1.28. The number of benzene rings is 10. The molecule has 0 spiro atoms. The summed E-state index contributed by atoms with van der Waals surface area (Å²) in [7, 11) is 0. The van der Waals surface area contributed by atoms with Crippen molar-refractivity contribution in [1.82, 2.24) is 0 Å². The van der Waals surface area contributed by atoms with Gasteiger partial charge in [-0.15, -0.1) is 0 Å². The molecule has 0 radical (unpaired) electrons. The third kappa shape index (κ3) is 6.12. The van der Waals surface area contributed by atoms with Crippen LogP contribution in [-0.2, 0) is 0 Å². The van der Waals surface area contributed by atoms with Crippen LogP contribution in [0.15, 0.2) is 224 Å². The van der Waals surface area contributed by atoms with E-state index in [0.29, 0.717) is 0 Å². The first-order chi connectivity index (χ1) is 27.3. The van der Waals surface area contributed by atoms with E-state index in [1.54, 1.807) is 0 Å². The van der Waals surface area contributed by atoms with Crippen LogP contribution in [0.1, 0.15) is 0 Å². The molecule has 0 heterocycles. The van der Waals surface area contributed by atoms with Crippen LogP contribution in [0.4, 0.5) is 17.1 Å². The van der Waals surface area contributed by atoms with E-state index in [2.05, 4.69) is 229 Å². The van der Waals surface area contributed by atoms with Crippen LogP contribution in [-0.4, -0.2) is 0 Å². The minimum absolute atomic E-state index is 1.10. The standard InChI is InChI=1S/C54H37N/c1-2-13-38(14-3-1)43-18-12-19-44(35-43)40-27-31-47(32-28-40)55(48-33-29-41(30-34-48)45-26-25-39-15-4-5-16-42(39)36-45)54-24-11-10-23-52(54)53-37-46-17-6-7-20-49(46)50-21-8-9-22-51(50)53/h1-37H. The highest BCUT2D eigenvalue weighted by Gasteiger charge is 2.19. The molecule has 0 unspecified atom stereocenters. The number of anilines is 3. The molecule has 0 saturated heterocycles. The van der Waals surface area contributed by atoms with Gasteiger partial charge in [-0.1, -0.05) is 176 Å². The molecule has 0 atom stereocenters. The van der Waals surface area contributed by atoms with Gasteiger partial charge in [-0.2, -0.15) is 0 Å². The molecule has 1 nitrogen and oxygen atoms in total. The summed E-state index contributed by atoms with van der Waals surface area (Å²) in [5.74, 6) is 0. The smallest absolute Gasteiger partial charge is 0.0540 e. The summed E-state index contributed by atoms with van der Waals surface area (Å²) in [6, 6.07) is 81.5. The summed E-state index contributed by atoms with van der Waals surface area (Å²) in [5, 5.41) is 7.51. The lowest BCUT2D eigenvalue weighted by Crippen LogP contribution is -2.11. The van der Waals surface area contributed by atoms with Crippen molar-refractivity contribution < 1.29 is 0 Å². The van der Waals surface area contributed by atoms with Crippen LogP contribution < -0.4 is 4.90 Å². The van der Waals surface area contributed by atoms with Crippen LogP contribution >= 0.6 is 0 Å². The van der Waals surface area contributed by atoms with Gasteiger partial charge in [0.05, 0.1) is 5.69 Å². The van der Waals surface area contributed by atoms with Crippen LogP contribution in [0.5, 0.6) is 0 Å². The fourth-order valence-electron chi connectivity index (χ4n) is 8.08. The Morgan fingerprint density at radius 1 is 0.236 bits per heavy atom. The Bertz CT molecular complexity index is 2960. The lowest BCUT2D eigenvalue weighted by atomic mass is 9.92. The maximum atomic E-state index is 2.41. The van der Waals surface area contributed by atoms with Gasteiger partial charge in [0, 0.05) is 16.9 Å². The molecule has 10 aromatic rings. The van der Waals surface area contributed by atoms with Gasteiger partial charge in [-0.05, 0) is 120 Å². The van der Waals surface area contributed by atoms with Crippen LogP contribution in [0.2, 0.25) is 0 Å². The second-order valence-electron chi connectivity index (χ2n) is 14.1. The summed E-state index contributed by atoms with van der Waals surface area (Å²) in [5.41, 5.74) is 12.9. The molecule has 0 N–H and O–H groups in total. The first-order valence-electron chi connectivity index (χ1n) is 18.9. The second-order valence-corrected chi connectivity index (χ2v) is 14.1. The van der Waals surface area contributed by atoms with E-state index < -0.39 is 0 Å². The zero-order chi connectivity index (χ0) is 36.6. The van der Waals surface area contributed by atoms with Gasteiger partial charge in [-0.3, -0.25) is 0 Å². The van der Waals surface area contributed by atoms with E-state index in [-0.39, 0.29) is 0 Å². The predicted octanol–water partition coefficient (Wildman–Crippen LogP) is 15.3. The molecule has 0 aliphatic carbocycles. The average molecular weight is 700 g/mol. The highest BCUT2D eigenvalue weighted by atomic mass is 15.1. The summed E-state index contributed by atoms with van der Waals surface area (Å²) >= 11 is 0. The summed E-state index contributed by atoms with van der Waals surface area (Å²) in [6.07, 6.45) is 0. The van der Waals surface area contributed by atoms with Crippen molar-refractivity contribution >= 4 is 49.4 Å². The van der Waals surface area contributed by atoms with Crippen molar-refractivity contribution in [3.63, 3.8) is 0 Å². The summed E-state index contributed by atoms with van der Waals surface area (Å²) in [4.78, 5) is 2.41. The fraction of sp³-hybridized carbons (Fsp3) is 0. The minimum Gasteiger partial charge on any atom is -0.310 e. The van der Waals surface area contributed by atoms with Crippen molar-refractivity contribution in [2.24, 2.45) is 0 Å². The lowest BCUT2D eigenvalue weighted by Gasteiger charge is -2.28. The molecular weight excluding hydrogens is 663 g/mol. The van der Waals surface area contributed by atoms with Gasteiger partial charge in [0.2, 0.25) is 0 Å². The molecule has 0 aliphatic rings. The number of hydrogen-bond donors (Lipinski definition) is 0. The van der Waals surface area contributed by atoms with Crippen molar-refractivity contribution in [3.8, 4) is 44.5 Å². The monoisotopic (exact) mass is 699 g/mol. The van der Waals surface area contributed by atoms with Crippen molar-refractivity contribution in [3.05, 3.63) is 224 Å². The van der Waals surface area contributed by atoms with Gasteiger partial charge in [0.15, 0.2) is 0 Å². The van der Waals surface area contributed by atoms with Crippen LogP contribution in [0.3, 0.4) is 0 Å². The van der Waals surface area contributed by atoms with Crippen LogP contribution in [0, 0.1) is 0 Å². The molecule has 258 valence electrons. The van der Waals surface area contributed by atoms with E-state index >= 15 is 0 Å². The second kappa shape index (κ2) is 14.0. The largest absolute Gasteiger partial charge is 0.310 e. The third-order valence-corrected chi connectivity index (χ3v) is 10.8. The SMILES string of the molecule is c1ccc(-c2cccc(-c3ccc(N(c4ccc(-c5ccc6ccccc6c5)cc4)c4ccccc4-c4cc5ccccc5c5ccccc45)cc3)c2)cc1. The van der Waals surface area contributed by atoms with Crippen molar-refractivity contribution in [2.45, 2.75) is 0 Å². The Morgan fingerprint density at radius 2 is 0.727 bits per heavy atom. The van der Waals surface area contributed by atoms with Crippen LogP contribution in [0.25, 0.3) is 76.8 Å². The molecule has 0 fully saturated rings. The normalized spacial score (nSPS) is 11.3. The molecule has 10 aromatic carbocycles. The van der Waals surface area contributed by atoms with E-state index in [9.17, 15) is 0 Å². The number of rotatable bonds is 7. The molecule has 0 saturated carbocycles. The Morgan fingerprint density at radius 3 is 1.44 bits per heavy atom. The molecular formula is C54H37N. The molecule has 55 heavy (non-hydrogen) atoms. The van der Waals surface area contributed by atoms with Gasteiger partial charge in [0.1, 0.15) is 0 Å². The maximum Gasteiger partial charge on any atom is 0.0540 e. The Hall–Kier alpha value is -7.22. The van der Waals surface area contributed by atoms with Gasteiger partial charge >= 0.3 is 0 Å². The quantitative estimate of drug-likeness (QED) is 0.150. The first-order valence-corrected chi connectivity index (χ1v) is 18.9. The number of hydrogen-bond acceptors (Lipinski definition) is 1. The maximum absolute atomic E-state index is 2.41. The van der Waals surface area contributed by atoms with E-state index in [1.807, 2.05) is 0 Å². The Balaban J connectivity index is 1.11. The highest BCUT2D eigenvalue weighted by molar-refractivity contribution is 6.15.